The van der Waals surface area contributed by atoms with Gasteiger partial charge in [0.15, 0.2) is 0 Å². The molecular weight excluding hydrogens is 592 g/mol. The van der Waals surface area contributed by atoms with Crippen LogP contribution in [0, 0.1) is 17.8 Å². The Morgan fingerprint density at radius 3 is 2.02 bits per heavy atom. The first kappa shape index (κ1) is 34.4. The molecule has 47 heavy (non-hydrogen) atoms. The molecule has 0 aromatic heterocycles. The Balaban J connectivity index is 1.61. The van der Waals surface area contributed by atoms with Crippen molar-refractivity contribution in [2.45, 2.75) is 70.7 Å². The second-order valence-corrected chi connectivity index (χ2v) is 13.5. The van der Waals surface area contributed by atoms with E-state index >= 15 is 4.79 Å². The first-order valence-electron chi connectivity index (χ1n) is 16.9. The molecule has 2 unspecified atom stereocenters. The number of hydrogen-bond donors (Lipinski definition) is 1. The summed E-state index contributed by atoms with van der Waals surface area (Å²) >= 11 is 0. The summed E-state index contributed by atoms with van der Waals surface area (Å²) in [6.45, 7) is 19.6. The number of aliphatic hydroxyl groups is 1. The zero-order valence-electron chi connectivity index (χ0n) is 28.5. The van der Waals surface area contributed by atoms with Crippen molar-refractivity contribution in [1.29, 1.82) is 0 Å². The third-order valence-electron chi connectivity index (χ3n) is 10.5. The number of rotatable bonds is 14. The molecule has 3 amide bonds. The monoisotopic (exact) mass is 642 g/mol. The Bertz CT molecular complexity index is 1470. The van der Waals surface area contributed by atoms with Crippen LogP contribution in [0.15, 0.2) is 79.9 Å². The molecule has 6 atom stereocenters. The van der Waals surface area contributed by atoms with E-state index in [1.807, 2.05) is 75.4 Å². The van der Waals surface area contributed by atoms with Gasteiger partial charge in [-0.25, -0.2) is 0 Å². The standard InChI is InChI=1S/C38H50N4O5/c1-8-23-40(28-15-13-12-14-16-28)34(44)31-32-35(45)42(30(25-43)26(5)6)33(38(32)22-21-37(31,7)47-38)36(46)41(24-9-2)29-19-17-27(18-20-29)39(10-3)11-4/h8-9,12-20,26,30-33,43H,1-2,10-11,21-25H2,3-7H3/t30-,31+,32-,33?,37-,38?/m0/s1. The summed E-state index contributed by atoms with van der Waals surface area (Å²) in [7, 11) is 0. The van der Waals surface area contributed by atoms with Crippen LogP contribution < -0.4 is 14.7 Å². The molecule has 1 spiro atoms. The minimum Gasteiger partial charge on any atom is -0.394 e. The predicted molar refractivity (Wildman–Crippen MR) is 186 cm³/mol. The van der Waals surface area contributed by atoms with E-state index in [-0.39, 0.29) is 43.3 Å². The number of carbonyl (C=O) groups excluding carboxylic acids is 3. The van der Waals surface area contributed by atoms with Crippen LogP contribution in [-0.2, 0) is 19.1 Å². The summed E-state index contributed by atoms with van der Waals surface area (Å²) < 4.78 is 6.92. The number of ether oxygens (including phenoxy) is 1. The molecule has 3 aliphatic heterocycles. The summed E-state index contributed by atoms with van der Waals surface area (Å²) in [5.74, 6) is -2.72. The van der Waals surface area contributed by atoms with Gasteiger partial charge in [-0.3, -0.25) is 14.4 Å². The van der Waals surface area contributed by atoms with Crippen molar-refractivity contribution in [2.75, 3.05) is 47.5 Å². The van der Waals surface area contributed by atoms with Crippen LogP contribution >= 0.6 is 0 Å². The average Bonchev–Trinajstić information content (AvgIpc) is 3.64. The summed E-state index contributed by atoms with van der Waals surface area (Å²) in [4.78, 5) is 51.6. The molecule has 3 fully saturated rings. The smallest absolute Gasteiger partial charge is 0.253 e. The third-order valence-corrected chi connectivity index (χ3v) is 10.5. The van der Waals surface area contributed by atoms with Gasteiger partial charge in [-0.2, -0.15) is 0 Å². The van der Waals surface area contributed by atoms with Crippen molar-refractivity contribution < 1.29 is 24.2 Å². The van der Waals surface area contributed by atoms with E-state index in [4.69, 9.17) is 4.74 Å². The van der Waals surface area contributed by atoms with Crippen molar-refractivity contribution in [1.82, 2.24) is 4.90 Å². The SMILES string of the molecule is C=CCN(C(=O)C1N([C@@H](CO)C(C)C)C(=O)[C@@H]2[C@H](C(=O)N(CC=C)c3ccccc3)[C@]3(C)CCC12O3)c1ccc(N(CC)CC)cc1. The van der Waals surface area contributed by atoms with Gasteiger partial charge in [0, 0.05) is 43.2 Å². The molecule has 2 aromatic carbocycles. The van der Waals surface area contributed by atoms with Crippen LogP contribution in [0.4, 0.5) is 17.1 Å². The van der Waals surface area contributed by atoms with Gasteiger partial charge in [-0.15, -0.1) is 13.2 Å². The lowest BCUT2D eigenvalue weighted by atomic mass is 9.66. The number of aliphatic hydroxyl groups excluding tert-OH is 1. The fraction of sp³-hybridized carbons (Fsp3) is 0.500. The zero-order chi connectivity index (χ0) is 34.1. The quantitative estimate of drug-likeness (QED) is 0.290. The molecule has 9 nitrogen and oxygen atoms in total. The van der Waals surface area contributed by atoms with Crippen LogP contribution in [0.2, 0.25) is 0 Å². The Morgan fingerprint density at radius 2 is 1.49 bits per heavy atom. The molecule has 0 aliphatic carbocycles. The van der Waals surface area contributed by atoms with Crippen molar-refractivity contribution in [3.05, 3.63) is 79.9 Å². The molecule has 252 valence electrons. The second kappa shape index (κ2) is 13.6. The van der Waals surface area contributed by atoms with Crippen molar-refractivity contribution in [2.24, 2.45) is 17.8 Å². The van der Waals surface area contributed by atoms with E-state index in [1.165, 1.54) is 0 Å². The lowest BCUT2D eigenvalue weighted by Gasteiger charge is -2.40. The molecule has 5 rings (SSSR count). The first-order chi connectivity index (χ1) is 22.5. The highest BCUT2D eigenvalue weighted by Crippen LogP contribution is 2.64. The number of likely N-dealkylation sites (tertiary alicyclic amines) is 1. The van der Waals surface area contributed by atoms with Crippen LogP contribution in [0.5, 0.6) is 0 Å². The van der Waals surface area contributed by atoms with Gasteiger partial charge >= 0.3 is 0 Å². The van der Waals surface area contributed by atoms with Crippen LogP contribution in [-0.4, -0.2) is 83.8 Å². The minimum atomic E-state index is -1.23. The molecule has 3 saturated heterocycles. The Kier molecular flexibility index (Phi) is 9.99. The van der Waals surface area contributed by atoms with Gasteiger partial charge in [-0.05, 0) is 75.9 Å². The molecule has 0 saturated carbocycles. The maximum Gasteiger partial charge on any atom is 0.253 e. The molecule has 3 heterocycles. The summed E-state index contributed by atoms with van der Waals surface area (Å²) in [6, 6.07) is 15.5. The van der Waals surface area contributed by atoms with Gasteiger partial charge in [0.25, 0.3) is 5.91 Å². The number of fused-ring (bicyclic) bond motifs is 1. The van der Waals surface area contributed by atoms with Crippen LogP contribution in [0.1, 0.15) is 47.5 Å². The number of para-hydroxylation sites is 1. The van der Waals surface area contributed by atoms with Gasteiger partial charge in [0.1, 0.15) is 11.6 Å². The normalized spacial score (nSPS) is 26.7. The number of nitrogens with zero attached hydrogens (tertiary/aromatic N) is 4. The summed E-state index contributed by atoms with van der Waals surface area (Å²) in [6.07, 6.45) is 4.31. The Labute approximate surface area is 279 Å². The maximum atomic E-state index is 15.0. The van der Waals surface area contributed by atoms with Gasteiger partial charge in [-0.1, -0.05) is 44.2 Å². The molecule has 1 N–H and O–H groups in total. The number of hydrogen-bond acceptors (Lipinski definition) is 6. The topological polar surface area (TPSA) is 93.6 Å². The van der Waals surface area contributed by atoms with E-state index in [9.17, 15) is 14.7 Å². The lowest BCUT2D eigenvalue weighted by molar-refractivity contribution is -0.149. The van der Waals surface area contributed by atoms with Gasteiger partial charge in [0.2, 0.25) is 11.8 Å². The van der Waals surface area contributed by atoms with E-state index in [0.717, 1.165) is 18.8 Å². The number of benzene rings is 2. The highest BCUT2D eigenvalue weighted by Gasteiger charge is 2.79. The summed E-state index contributed by atoms with van der Waals surface area (Å²) in [5.41, 5.74) is 0.250. The fourth-order valence-corrected chi connectivity index (χ4v) is 8.26. The van der Waals surface area contributed by atoms with Crippen LogP contribution in [0.25, 0.3) is 0 Å². The number of carbonyl (C=O) groups is 3. The van der Waals surface area contributed by atoms with E-state index in [2.05, 4.69) is 31.9 Å². The zero-order valence-corrected chi connectivity index (χ0v) is 28.5. The third kappa shape index (κ3) is 5.67. The molecular formula is C38H50N4O5. The highest BCUT2D eigenvalue weighted by atomic mass is 16.5. The minimum absolute atomic E-state index is 0.154. The van der Waals surface area contributed by atoms with Crippen molar-refractivity contribution >= 4 is 34.8 Å². The largest absolute Gasteiger partial charge is 0.394 e. The molecule has 2 bridgehead atoms. The molecule has 9 heteroatoms. The predicted octanol–water partition coefficient (Wildman–Crippen LogP) is 5.05. The Hall–Kier alpha value is -3.95. The molecule has 3 aliphatic rings. The van der Waals surface area contributed by atoms with E-state index in [0.29, 0.717) is 24.2 Å². The van der Waals surface area contributed by atoms with Crippen LogP contribution in [0.3, 0.4) is 0 Å². The molecule has 2 aromatic rings. The average molecular weight is 643 g/mol. The van der Waals surface area contributed by atoms with E-state index < -0.39 is 35.1 Å². The fourth-order valence-electron chi connectivity index (χ4n) is 8.26. The first-order valence-corrected chi connectivity index (χ1v) is 16.9. The van der Waals surface area contributed by atoms with Crippen molar-refractivity contribution in [3.8, 4) is 0 Å². The number of anilines is 3. The number of amides is 3. The Morgan fingerprint density at radius 1 is 0.936 bits per heavy atom. The highest BCUT2D eigenvalue weighted by molar-refractivity contribution is 6.07. The van der Waals surface area contributed by atoms with Gasteiger partial charge in [0.05, 0.1) is 30.1 Å². The second-order valence-electron chi connectivity index (χ2n) is 13.5. The van der Waals surface area contributed by atoms with Gasteiger partial charge < -0.3 is 29.4 Å². The summed E-state index contributed by atoms with van der Waals surface area (Å²) in [5, 5.41) is 10.7. The van der Waals surface area contributed by atoms with Crippen molar-refractivity contribution in [3.63, 3.8) is 0 Å². The lowest BCUT2D eigenvalue weighted by Crippen LogP contribution is -2.60. The molecule has 0 radical (unpaired) electrons. The van der Waals surface area contributed by atoms with E-state index in [1.54, 1.807) is 26.9 Å². The maximum absolute atomic E-state index is 15.0.